The molecule has 0 amide bonds. The van der Waals surface area contributed by atoms with E-state index in [1.807, 2.05) is 50.3 Å². The second-order valence-electron chi connectivity index (χ2n) is 4.86. The van der Waals surface area contributed by atoms with Crippen LogP contribution < -0.4 is 4.72 Å². The van der Waals surface area contributed by atoms with Gasteiger partial charge < -0.3 is 4.55 Å². The summed E-state index contributed by atoms with van der Waals surface area (Å²) in [6.45, 7) is 7.47. The van der Waals surface area contributed by atoms with Crippen molar-refractivity contribution in [2.75, 3.05) is 0 Å². The normalized spacial score (nSPS) is 15.7. The third-order valence-electron chi connectivity index (χ3n) is 2.29. The minimum Gasteiger partial charge on any atom is -0.598 e. The van der Waals surface area contributed by atoms with Crippen LogP contribution in [0.15, 0.2) is 18.2 Å². The van der Waals surface area contributed by atoms with E-state index in [0.29, 0.717) is 9.13 Å². The monoisotopic (exact) mass is 369 g/mol. The van der Waals surface area contributed by atoms with Crippen molar-refractivity contribution in [1.29, 1.82) is 0 Å². The van der Waals surface area contributed by atoms with Gasteiger partial charge in [-0.1, -0.05) is 12.1 Å². The Morgan fingerprint density at radius 3 is 2.53 bits per heavy atom. The van der Waals surface area contributed by atoms with Gasteiger partial charge in [0.25, 0.3) is 0 Å². The summed E-state index contributed by atoms with van der Waals surface area (Å²) in [5.74, 6) is -0.237. The first-order chi connectivity index (χ1) is 7.73. The summed E-state index contributed by atoms with van der Waals surface area (Å²) in [4.78, 5) is 0. The second kappa shape index (κ2) is 5.86. The van der Waals surface area contributed by atoms with Crippen LogP contribution >= 0.6 is 22.6 Å². The Morgan fingerprint density at radius 1 is 1.41 bits per heavy atom. The van der Waals surface area contributed by atoms with Gasteiger partial charge in [0.15, 0.2) is 0 Å². The standard InChI is InChI=1S/C12H17FINOS/c1-8(15-17(16)12(2,3)4)9-6-5-7-10(14)11(9)13/h5-8,15H,1-4H3/t8-,17+/m1/s1. The molecular formula is C12H17FINOS. The molecule has 2 nitrogen and oxygen atoms in total. The molecule has 0 aliphatic rings. The first-order valence-corrected chi connectivity index (χ1v) is 7.58. The molecular weight excluding hydrogens is 352 g/mol. The van der Waals surface area contributed by atoms with Crippen LogP contribution in [0.1, 0.15) is 39.3 Å². The average Bonchev–Trinajstić information content (AvgIpc) is 2.20. The molecule has 0 saturated heterocycles. The van der Waals surface area contributed by atoms with Crippen LogP contribution in [0.25, 0.3) is 0 Å². The Kier molecular flexibility index (Phi) is 5.24. The number of benzene rings is 1. The highest BCUT2D eigenvalue weighted by Crippen LogP contribution is 2.23. The van der Waals surface area contributed by atoms with Crippen LogP contribution in [0.2, 0.25) is 0 Å². The Bertz CT molecular complexity index is 395. The largest absolute Gasteiger partial charge is 0.598 e. The van der Waals surface area contributed by atoms with Gasteiger partial charge in [-0.3, -0.25) is 0 Å². The minimum atomic E-state index is -1.20. The molecule has 1 rings (SSSR count). The summed E-state index contributed by atoms with van der Waals surface area (Å²) in [5, 5.41) is 0. The number of rotatable bonds is 3. The molecule has 0 fully saturated rings. The van der Waals surface area contributed by atoms with Gasteiger partial charge in [-0.15, -0.1) is 4.72 Å². The Balaban J connectivity index is 2.84. The van der Waals surface area contributed by atoms with Crippen LogP contribution in [-0.2, 0) is 11.4 Å². The van der Waals surface area contributed by atoms with Gasteiger partial charge in [0.2, 0.25) is 0 Å². The van der Waals surface area contributed by atoms with E-state index in [2.05, 4.69) is 4.72 Å². The minimum absolute atomic E-state index is 0.237. The van der Waals surface area contributed by atoms with Gasteiger partial charge in [-0.2, -0.15) is 0 Å². The summed E-state index contributed by atoms with van der Waals surface area (Å²) in [6.07, 6.45) is 0. The van der Waals surface area contributed by atoms with E-state index in [4.69, 9.17) is 0 Å². The number of hydrogen-bond acceptors (Lipinski definition) is 2. The predicted molar refractivity (Wildman–Crippen MR) is 78.6 cm³/mol. The molecule has 0 bridgehead atoms. The second-order valence-corrected chi connectivity index (χ2v) is 8.02. The highest BCUT2D eigenvalue weighted by Gasteiger charge is 2.29. The summed E-state index contributed by atoms with van der Waals surface area (Å²) in [6, 6.07) is 4.96. The third-order valence-corrected chi connectivity index (χ3v) is 4.80. The maximum atomic E-state index is 13.9. The number of halogens is 2. The molecule has 1 N–H and O–H groups in total. The van der Waals surface area contributed by atoms with Gasteiger partial charge in [-0.25, -0.2) is 4.39 Å². The maximum Gasteiger partial charge on any atom is 0.141 e. The maximum absolute atomic E-state index is 13.9. The van der Waals surface area contributed by atoms with Crippen molar-refractivity contribution in [3.63, 3.8) is 0 Å². The van der Waals surface area contributed by atoms with Gasteiger partial charge in [0, 0.05) is 20.5 Å². The summed E-state index contributed by atoms with van der Waals surface area (Å²) in [5.41, 5.74) is 0.550. The van der Waals surface area contributed by atoms with Gasteiger partial charge in [0.05, 0.1) is 6.04 Å². The Morgan fingerprint density at radius 2 is 2.00 bits per heavy atom. The van der Waals surface area contributed by atoms with Crippen LogP contribution in [0.5, 0.6) is 0 Å². The molecule has 0 aliphatic heterocycles. The van der Waals surface area contributed by atoms with Crippen LogP contribution in [0, 0.1) is 9.39 Å². The molecule has 96 valence electrons. The molecule has 0 unspecified atom stereocenters. The van der Waals surface area contributed by atoms with Crippen molar-refractivity contribution >= 4 is 34.0 Å². The Labute approximate surface area is 119 Å². The van der Waals surface area contributed by atoms with E-state index in [9.17, 15) is 8.94 Å². The molecule has 0 radical (unpaired) electrons. The van der Waals surface area contributed by atoms with Crippen LogP contribution in [-0.4, -0.2) is 9.30 Å². The summed E-state index contributed by atoms with van der Waals surface area (Å²) < 4.78 is 28.9. The fraction of sp³-hybridized carbons (Fsp3) is 0.500. The predicted octanol–water partition coefficient (Wildman–Crippen LogP) is 3.54. The molecule has 2 atom stereocenters. The van der Waals surface area contributed by atoms with Crippen molar-refractivity contribution in [1.82, 2.24) is 4.72 Å². The lowest BCUT2D eigenvalue weighted by Crippen LogP contribution is -2.40. The van der Waals surface area contributed by atoms with Crippen molar-refractivity contribution in [2.45, 2.75) is 38.5 Å². The van der Waals surface area contributed by atoms with E-state index in [0.717, 1.165) is 0 Å². The van der Waals surface area contributed by atoms with E-state index in [-0.39, 0.29) is 16.6 Å². The van der Waals surface area contributed by atoms with Crippen LogP contribution in [0.3, 0.4) is 0 Å². The fourth-order valence-corrected chi connectivity index (χ4v) is 2.58. The fourth-order valence-electron chi connectivity index (χ4n) is 1.26. The molecule has 0 aliphatic carbocycles. The first kappa shape index (κ1) is 15.2. The average molecular weight is 369 g/mol. The van der Waals surface area contributed by atoms with Gasteiger partial charge in [0.1, 0.15) is 10.6 Å². The Hall–Kier alpha value is 0.150. The van der Waals surface area contributed by atoms with Crippen LogP contribution in [0.4, 0.5) is 4.39 Å². The number of nitrogens with one attached hydrogen (secondary N) is 1. The lowest BCUT2D eigenvalue weighted by atomic mass is 10.1. The van der Waals surface area contributed by atoms with E-state index in [1.54, 1.807) is 18.2 Å². The zero-order valence-electron chi connectivity index (χ0n) is 10.4. The van der Waals surface area contributed by atoms with Gasteiger partial charge >= 0.3 is 0 Å². The van der Waals surface area contributed by atoms with Crippen molar-refractivity contribution in [2.24, 2.45) is 0 Å². The molecule has 0 heterocycles. The molecule has 0 aromatic heterocycles. The molecule has 0 saturated carbocycles. The van der Waals surface area contributed by atoms with Crippen molar-refractivity contribution in [3.8, 4) is 0 Å². The molecule has 0 spiro atoms. The van der Waals surface area contributed by atoms with Gasteiger partial charge in [-0.05, 0) is 56.4 Å². The van der Waals surface area contributed by atoms with Crippen molar-refractivity contribution < 1.29 is 8.94 Å². The quantitative estimate of drug-likeness (QED) is 0.654. The summed E-state index contributed by atoms with van der Waals surface area (Å²) in [7, 11) is 0. The SMILES string of the molecule is C[C@@H](N[S@@+]([O-])C(C)(C)C)c1cccc(I)c1F. The smallest absolute Gasteiger partial charge is 0.141 e. The summed E-state index contributed by atoms with van der Waals surface area (Å²) >= 11 is 0.753. The third kappa shape index (κ3) is 4.08. The van der Waals surface area contributed by atoms with E-state index < -0.39 is 11.4 Å². The molecule has 1 aromatic rings. The topological polar surface area (TPSA) is 35.1 Å². The lowest BCUT2D eigenvalue weighted by Gasteiger charge is -2.26. The highest BCUT2D eigenvalue weighted by atomic mass is 127. The zero-order valence-corrected chi connectivity index (χ0v) is 13.4. The first-order valence-electron chi connectivity index (χ1n) is 5.35. The van der Waals surface area contributed by atoms with E-state index >= 15 is 0 Å². The van der Waals surface area contributed by atoms with E-state index in [1.165, 1.54) is 0 Å². The van der Waals surface area contributed by atoms with Crippen molar-refractivity contribution in [3.05, 3.63) is 33.1 Å². The zero-order chi connectivity index (χ0) is 13.2. The lowest BCUT2D eigenvalue weighted by molar-refractivity contribution is 0.521. The molecule has 17 heavy (non-hydrogen) atoms. The molecule has 5 heteroatoms. The highest BCUT2D eigenvalue weighted by molar-refractivity contribution is 14.1. The number of hydrogen-bond donors (Lipinski definition) is 1. The molecule has 1 aromatic carbocycles.